The quantitative estimate of drug-likeness (QED) is 0.162. The molecule has 6 fully saturated rings. The van der Waals surface area contributed by atoms with Crippen molar-refractivity contribution in [2.75, 3.05) is 6.61 Å². The molecule has 0 unspecified atom stereocenters. The van der Waals surface area contributed by atoms with Crippen molar-refractivity contribution in [2.24, 2.45) is 28.1 Å². The number of Topliss-reactive ketones (excluding diaryl/α,β-unsaturated/α-hetero) is 1. The lowest BCUT2D eigenvalue weighted by Crippen LogP contribution is -2.76. The molecule has 2 aliphatic carbocycles. The minimum atomic E-state index is -1.37. The second-order valence-electron chi connectivity index (χ2n) is 14.8. The lowest BCUT2D eigenvalue weighted by Gasteiger charge is -2.66. The van der Waals surface area contributed by atoms with Crippen molar-refractivity contribution in [2.45, 2.75) is 82.6 Å². The van der Waals surface area contributed by atoms with Crippen molar-refractivity contribution in [1.82, 2.24) is 0 Å². The first-order valence-electron chi connectivity index (χ1n) is 15.9. The number of hydrogen-bond acceptors (Lipinski definition) is 12. The Bertz CT molecular complexity index is 1740. The standard InChI is InChI=1S/C35H36O12/c1-31(2)26-25(40)28(44-23(38)8-6-17-5-7-19(36)20(37)13-17)33(4)21(34(26)16-43-24(39)14-22(34)46-31)9-11-32(3)27(18-10-12-42-15-18)45-30(41)29-35(32,33)47-29/h5-8,10,12-13,15,21-22,26-29,36-37H,9,11,14,16H2,1-4H3/t21-,22-,26+,27-,28-,29+,32-,33-,34-,35+/m0/s1. The molecule has 12 nitrogen and oxygen atoms in total. The number of ether oxygens (including phenoxy) is 5. The van der Waals surface area contributed by atoms with Crippen molar-refractivity contribution in [3.8, 4) is 11.5 Å². The van der Waals surface area contributed by atoms with E-state index in [-0.39, 0.29) is 30.3 Å². The van der Waals surface area contributed by atoms with Gasteiger partial charge in [0.05, 0.1) is 36.6 Å². The summed E-state index contributed by atoms with van der Waals surface area (Å²) >= 11 is 0. The number of phenols is 2. The van der Waals surface area contributed by atoms with Gasteiger partial charge in [0.2, 0.25) is 0 Å². The minimum absolute atomic E-state index is 0.0271. The zero-order valence-electron chi connectivity index (χ0n) is 26.4. The molecule has 2 aromatic rings. The van der Waals surface area contributed by atoms with Crippen LogP contribution in [0, 0.1) is 28.1 Å². The second kappa shape index (κ2) is 9.47. The molecule has 2 N–H and O–H groups in total. The van der Waals surface area contributed by atoms with Gasteiger partial charge in [0.15, 0.2) is 29.5 Å². The number of ketones is 1. The van der Waals surface area contributed by atoms with Crippen LogP contribution in [0.1, 0.15) is 64.2 Å². The number of aromatic hydroxyl groups is 2. The van der Waals surface area contributed by atoms with E-state index < -0.39 is 81.6 Å². The minimum Gasteiger partial charge on any atom is -0.504 e. The van der Waals surface area contributed by atoms with E-state index >= 15 is 4.79 Å². The summed E-state index contributed by atoms with van der Waals surface area (Å²) in [7, 11) is 0. The van der Waals surface area contributed by atoms with Crippen LogP contribution in [0.2, 0.25) is 0 Å². The first kappa shape index (κ1) is 30.2. The SMILES string of the molecule is CC1(C)O[C@H]2CC(=O)OC[C@@]23[C@@H]1C(=O)[C@H](OC(=O)C=Cc1ccc(O)c(O)c1)[C@]1(C)[C@@H]3CC[C@@]2(C)[C@H](c3ccoc3)OC(=O)[C@H]3O[C@@]312. The highest BCUT2D eigenvalue weighted by Gasteiger charge is 2.91. The van der Waals surface area contributed by atoms with Crippen molar-refractivity contribution < 1.29 is 57.5 Å². The summed E-state index contributed by atoms with van der Waals surface area (Å²) in [6.07, 6.45) is 2.84. The average Bonchev–Trinajstić information content (AvgIpc) is 3.49. The summed E-state index contributed by atoms with van der Waals surface area (Å²) in [4.78, 5) is 54.9. The molecule has 1 aromatic heterocycles. The Hall–Kier alpha value is -4.16. The lowest BCUT2D eigenvalue weighted by atomic mass is 9.36. The molecule has 248 valence electrons. The van der Waals surface area contributed by atoms with Gasteiger partial charge in [-0.1, -0.05) is 19.9 Å². The Morgan fingerprint density at radius 2 is 1.81 bits per heavy atom. The Balaban J connectivity index is 1.27. The highest BCUT2D eigenvalue weighted by molar-refractivity contribution is 5.96. The Morgan fingerprint density at radius 1 is 1.02 bits per heavy atom. The number of esters is 3. The molecule has 6 aliphatic rings. The molecule has 2 saturated carbocycles. The number of furan rings is 1. The molecule has 2 spiro atoms. The van der Waals surface area contributed by atoms with Crippen LogP contribution in [0.25, 0.3) is 6.08 Å². The van der Waals surface area contributed by atoms with Gasteiger partial charge in [0.25, 0.3) is 0 Å². The number of cyclic esters (lactones) is 2. The van der Waals surface area contributed by atoms with Gasteiger partial charge in [-0.05, 0) is 62.4 Å². The van der Waals surface area contributed by atoms with Crippen molar-refractivity contribution in [3.05, 3.63) is 54.0 Å². The number of rotatable bonds is 4. The number of carbonyl (C=O) groups is 4. The third-order valence-electron chi connectivity index (χ3n) is 12.3. The van der Waals surface area contributed by atoms with E-state index in [0.717, 1.165) is 6.08 Å². The molecule has 47 heavy (non-hydrogen) atoms. The van der Waals surface area contributed by atoms with E-state index in [1.54, 1.807) is 6.07 Å². The smallest absolute Gasteiger partial charge is 0.339 e. The molecule has 0 bridgehead atoms. The molecular formula is C35H36O12. The van der Waals surface area contributed by atoms with Gasteiger partial charge in [-0.15, -0.1) is 0 Å². The molecule has 4 aliphatic heterocycles. The van der Waals surface area contributed by atoms with E-state index in [9.17, 15) is 24.6 Å². The van der Waals surface area contributed by atoms with Gasteiger partial charge in [-0.25, -0.2) is 9.59 Å². The first-order chi connectivity index (χ1) is 22.2. The Kier molecular flexibility index (Phi) is 6.08. The predicted molar refractivity (Wildman–Crippen MR) is 158 cm³/mol. The van der Waals surface area contributed by atoms with Gasteiger partial charge in [-0.3, -0.25) is 9.59 Å². The largest absolute Gasteiger partial charge is 0.504 e. The first-order valence-corrected chi connectivity index (χ1v) is 15.9. The molecule has 0 radical (unpaired) electrons. The van der Waals surface area contributed by atoms with E-state index in [1.165, 1.54) is 36.8 Å². The fourth-order valence-corrected chi connectivity index (χ4v) is 10.6. The maximum absolute atomic E-state index is 15.1. The van der Waals surface area contributed by atoms with E-state index in [4.69, 9.17) is 28.1 Å². The molecule has 5 heterocycles. The number of carbonyl (C=O) groups excluding carboxylic acids is 4. The molecule has 8 rings (SSSR count). The van der Waals surface area contributed by atoms with Crippen molar-refractivity contribution in [1.29, 1.82) is 0 Å². The van der Waals surface area contributed by atoms with E-state index in [0.29, 0.717) is 24.0 Å². The summed E-state index contributed by atoms with van der Waals surface area (Å²) in [5.41, 5.74) is -4.33. The Morgan fingerprint density at radius 3 is 2.53 bits per heavy atom. The third kappa shape index (κ3) is 3.65. The average molecular weight is 649 g/mol. The second-order valence-corrected chi connectivity index (χ2v) is 14.8. The zero-order chi connectivity index (χ0) is 33.3. The van der Waals surface area contributed by atoms with Crippen LogP contribution >= 0.6 is 0 Å². The predicted octanol–water partition coefficient (Wildman–Crippen LogP) is 3.78. The number of fused-ring (bicyclic) bond motifs is 1. The number of benzene rings is 1. The van der Waals surface area contributed by atoms with Gasteiger partial charge >= 0.3 is 17.9 Å². The summed E-state index contributed by atoms with van der Waals surface area (Å²) in [5.74, 6) is -4.08. The van der Waals surface area contributed by atoms with Crippen molar-refractivity contribution in [3.63, 3.8) is 0 Å². The van der Waals surface area contributed by atoms with E-state index in [2.05, 4.69) is 0 Å². The van der Waals surface area contributed by atoms with Crippen LogP contribution in [0.5, 0.6) is 11.5 Å². The highest BCUT2D eigenvalue weighted by Crippen LogP contribution is 2.80. The maximum atomic E-state index is 15.1. The number of epoxide rings is 1. The zero-order valence-corrected chi connectivity index (χ0v) is 26.4. The van der Waals surface area contributed by atoms with Gasteiger partial charge in [-0.2, -0.15) is 0 Å². The number of hydrogen-bond donors (Lipinski definition) is 2. The topological polar surface area (TPSA) is 171 Å². The van der Waals surface area contributed by atoms with Gasteiger partial charge in [0.1, 0.15) is 18.3 Å². The fraction of sp³-hybridized carbons (Fsp3) is 0.543. The highest BCUT2D eigenvalue weighted by atomic mass is 16.7. The molecule has 10 atom stereocenters. The van der Waals surface area contributed by atoms with Crippen LogP contribution in [-0.4, -0.2) is 70.0 Å². The summed E-state index contributed by atoms with van der Waals surface area (Å²) in [5, 5.41) is 19.6. The van der Waals surface area contributed by atoms with Gasteiger partial charge in [0, 0.05) is 27.9 Å². The Labute approximate surface area is 269 Å². The fourth-order valence-electron chi connectivity index (χ4n) is 10.6. The maximum Gasteiger partial charge on any atom is 0.339 e. The van der Waals surface area contributed by atoms with E-state index in [1.807, 2.05) is 27.7 Å². The van der Waals surface area contributed by atoms with Crippen LogP contribution in [0.15, 0.2) is 47.3 Å². The molecule has 1 aromatic carbocycles. The number of phenolic OH excluding ortho intramolecular Hbond substituents is 2. The van der Waals surface area contributed by atoms with Crippen LogP contribution in [-0.2, 0) is 42.9 Å². The van der Waals surface area contributed by atoms with Crippen LogP contribution in [0.4, 0.5) is 0 Å². The monoisotopic (exact) mass is 648 g/mol. The van der Waals surface area contributed by atoms with Crippen LogP contribution < -0.4 is 0 Å². The van der Waals surface area contributed by atoms with Gasteiger partial charge < -0.3 is 38.3 Å². The third-order valence-corrected chi connectivity index (χ3v) is 12.3. The normalized spacial score (nSPS) is 42.7. The molecule has 12 heteroatoms. The summed E-state index contributed by atoms with van der Waals surface area (Å²) in [6.45, 7) is 7.42. The lowest BCUT2D eigenvalue weighted by molar-refractivity contribution is -0.255. The van der Waals surface area contributed by atoms with Crippen molar-refractivity contribution >= 4 is 29.8 Å². The molecule has 4 saturated heterocycles. The summed E-state index contributed by atoms with van der Waals surface area (Å²) < 4.78 is 36.4. The molecule has 0 amide bonds. The summed E-state index contributed by atoms with van der Waals surface area (Å²) in [6, 6.07) is 5.82. The van der Waals surface area contributed by atoms with Crippen LogP contribution in [0.3, 0.4) is 0 Å². The molecular weight excluding hydrogens is 612 g/mol.